The lowest BCUT2D eigenvalue weighted by atomic mass is 10.0. The van der Waals surface area contributed by atoms with Gasteiger partial charge in [-0.3, -0.25) is 4.79 Å². The molecule has 0 spiro atoms. The molecule has 1 atom stereocenters. The van der Waals surface area contributed by atoms with Gasteiger partial charge in [0.05, 0.1) is 12.5 Å². The van der Waals surface area contributed by atoms with Crippen LogP contribution in [0.4, 0.5) is 0 Å². The zero-order valence-corrected chi connectivity index (χ0v) is 9.55. The average molecular weight is 219 g/mol. The maximum atomic E-state index is 10.9. The van der Waals surface area contributed by atoms with Crippen LogP contribution in [-0.4, -0.2) is 24.9 Å². The van der Waals surface area contributed by atoms with Gasteiger partial charge in [-0.2, -0.15) is 0 Å². The number of carbonyl (C=O) groups excluding carboxylic acids is 1. The van der Waals surface area contributed by atoms with E-state index in [0.29, 0.717) is 18.9 Å². The monoisotopic (exact) mass is 218 g/mol. The predicted molar refractivity (Wildman–Crippen MR) is 59.8 cm³/mol. The molecule has 14 heavy (non-hydrogen) atoms. The lowest BCUT2D eigenvalue weighted by molar-refractivity contribution is -0.117. The molecular formula is C11H19ClO2. The number of hydrogen-bond donors (Lipinski definition) is 0. The third kappa shape index (κ3) is 8.27. The average Bonchev–Trinajstić information content (AvgIpc) is 2.21. The Morgan fingerprint density at radius 2 is 2.29 bits per heavy atom. The van der Waals surface area contributed by atoms with Crippen LogP contribution in [-0.2, 0) is 9.53 Å². The molecule has 0 aromatic heterocycles. The minimum atomic E-state index is 0.130. The summed E-state index contributed by atoms with van der Waals surface area (Å²) in [4.78, 5) is 10.9. The van der Waals surface area contributed by atoms with Crippen molar-refractivity contribution in [2.75, 3.05) is 19.1 Å². The van der Waals surface area contributed by atoms with Crippen molar-refractivity contribution in [1.29, 1.82) is 0 Å². The summed E-state index contributed by atoms with van der Waals surface area (Å²) in [6, 6.07) is 0. The number of Topliss-reactive ketones (excluding diaryl/α,β-unsaturated/α-hetero) is 1. The molecule has 0 aromatic rings. The molecule has 0 unspecified atom stereocenters. The van der Waals surface area contributed by atoms with Crippen molar-refractivity contribution in [2.45, 2.75) is 26.2 Å². The highest BCUT2D eigenvalue weighted by molar-refractivity contribution is 6.27. The summed E-state index contributed by atoms with van der Waals surface area (Å²) in [7, 11) is 0. The van der Waals surface area contributed by atoms with Gasteiger partial charge in [0.15, 0.2) is 0 Å². The minimum Gasteiger partial charge on any atom is -0.377 e. The number of rotatable bonds is 9. The predicted octanol–water partition coefficient (Wildman–Crippen LogP) is 2.80. The van der Waals surface area contributed by atoms with Crippen molar-refractivity contribution >= 4 is 17.4 Å². The number of halogens is 1. The quantitative estimate of drug-likeness (QED) is 0.338. The molecule has 0 radical (unpaired) electrons. The van der Waals surface area contributed by atoms with Crippen LogP contribution in [0.1, 0.15) is 26.2 Å². The minimum absolute atomic E-state index is 0.130. The number of carbonyl (C=O) groups is 1. The summed E-state index contributed by atoms with van der Waals surface area (Å²) >= 11 is 5.40. The summed E-state index contributed by atoms with van der Waals surface area (Å²) < 4.78 is 5.26. The van der Waals surface area contributed by atoms with Crippen molar-refractivity contribution in [1.82, 2.24) is 0 Å². The van der Waals surface area contributed by atoms with Crippen LogP contribution >= 0.6 is 11.6 Å². The summed E-state index contributed by atoms with van der Waals surface area (Å²) in [5.41, 5.74) is 0. The van der Waals surface area contributed by atoms with E-state index in [1.807, 2.05) is 0 Å². The highest BCUT2D eigenvalue weighted by Gasteiger charge is 2.05. The van der Waals surface area contributed by atoms with E-state index >= 15 is 0 Å². The van der Waals surface area contributed by atoms with E-state index in [-0.39, 0.29) is 11.7 Å². The second-order valence-corrected chi connectivity index (χ2v) is 3.74. The fourth-order valence-electron chi connectivity index (χ4n) is 1.07. The molecule has 2 nitrogen and oxygen atoms in total. The van der Waals surface area contributed by atoms with Gasteiger partial charge in [0, 0.05) is 13.0 Å². The first kappa shape index (κ1) is 13.7. The largest absolute Gasteiger partial charge is 0.377 e. The van der Waals surface area contributed by atoms with Crippen LogP contribution in [0, 0.1) is 5.92 Å². The van der Waals surface area contributed by atoms with Crippen LogP contribution in [0.15, 0.2) is 12.7 Å². The van der Waals surface area contributed by atoms with Crippen LogP contribution in [0.5, 0.6) is 0 Å². The maximum Gasteiger partial charge on any atom is 0.147 e. The zero-order chi connectivity index (χ0) is 10.8. The first-order valence-corrected chi connectivity index (χ1v) is 5.50. The van der Waals surface area contributed by atoms with E-state index in [4.69, 9.17) is 16.3 Å². The second kappa shape index (κ2) is 9.22. The Kier molecular flexibility index (Phi) is 9.00. The number of hydrogen-bond acceptors (Lipinski definition) is 2. The molecule has 82 valence electrons. The normalized spacial score (nSPS) is 12.4. The number of alkyl halides is 1. The molecule has 0 bridgehead atoms. The maximum absolute atomic E-state index is 10.9. The third-order valence-electron chi connectivity index (χ3n) is 2.06. The molecule has 0 heterocycles. The smallest absolute Gasteiger partial charge is 0.147 e. The Hall–Kier alpha value is -0.340. The molecule has 0 saturated heterocycles. The molecule has 0 aliphatic rings. The highest BCUT2D eigenvalue weighted by atomic mass is 35.5. The fraction of sp³-hybridized carbons (Fsp3) is 0.727. The lowest BCUT2D eigenvalue weighted by Gasteiger charge is -2.09. The molecular weight excluding hydrogens is 200 g/mol. The van der Waals surface area contributed by atoms with Gasteiger partial charge in [0.2, 0.25) is 0 Å². The second-order valence-electron chi connectivity index (χ2n) is 3.47. The molecule has 0 rings (SSSR count). The van der Waals surface area contributed by atoms with E-state index < -0.39 is 0 Å². The topological polar surface area (TPSA) is 26.3 Å². The molecule has 0 fully saturated rings. The van der Waals surface area contributed by atoms with Gasteiger partial charge in [-0.15, -0.1) is 18.2 Å². The van der Waals surface area contributed by atoms with Gasteiger partial charge in [-0.05, 0) is 18.8 Å². The van der Waals surface area contributed by atoms with Crippen molar-refractivity contribution in [3.63, 3.8) is 0 Å². The Morgan fingerprint density at radius 3 is 2.86 bits per heavy atom. The van der Waals surface area contributed by atoms with Crippen LogP contribution in [0.2, 0.25) is 0 Å². The Labute approximate surface area is 91.3 Å². The van der Waals surface area contributed by atoms with E-state index in [1.165, 1.54) is 0 Å². The fourth-order valence-corrected chi connectivity index (χ4v) is 1.20. The molecule has 0 aromatic carbocycles. The van der Waals surface area contributed by atoms with Gasteiger partial charge in [-0.1, -0.05) is 13.0 Å². The van der Waals surface area contributed by atoms with Crippen molar-refractivity contribution in [3.05, 3.63) is 12.7 Å². The van der Waals surface area contributed by atoms with E-state index in [2.05, 4.69) is 13.5 Å². The molecule has 3 heteroatoms. The Balaban J connectivity index is 3.31. The number of ether oxygens (including phenoxy) is 1. The van der Waals surface area contributed by atoms with E-state index in [1.54, 1.807) is 6.08 Å². The zero-order valence-electron chi connectivity index (χ0n) is 8.80. The van der Waals surface area contributed by atoms with Crippen molar-refractivity contribution in [2.24, 2.45) is 5.92 Å². The summed E-state index contributed by atoms with van der Waals surface area (Å²) in [6.45, 7) is 7.03. The first-order chi connectivity index (χ1) is 6.70. The molecule has 0 N–H and O–H groups in total. The standard InChI is InChI=1S/C11H19ClO2/c1-3-7-14-8-6-10(2)4-5-11(13)9-12/h3,10H,1,4-9H2,2H3/t10-/m0/s1. The van der Waals surface area contributed by atoms with Crippen molar-refractivity contribution in [3.8, 4) is 0 Å². The van der Waals surface area contributed by atoms with E-state index in [9.17, 15) is 4.79 Å². The van der Waals surface area contributed by atoms with E-state index in [0.717, 1.165) is 19.4 Å². The molecule has 0 aliphatic heterocycles. The van der Waals surface area contributed by atoms with Crippen LogP contribution in [0.3, 0.4) is 0 Å². The van der Waals surface area contributed by atoms with Gasteiger partial charge < -0.3 is 4.74 Å². The van der Waals surface area contributed by atoms with Crippen LogP contribution < -0.4 is 0 Å². The van der Waals surface area contributed by atoms with Crippen LogP contribution in [0.25, 0.3) is 0 Å². The van der Waals surface area contributed by atoms with Gasteiger partial charge in [-0.25, -0.2) is 0 Å². The van der Waals surface area contributed by atoms with Gasteiger partial charge >= 0.3 is 0 Å². The first-order valence-electron chi connectivity index (χ1n) is 4.97. The van der Waals surface area contributed by atoms with Gasteiger partial charge in [0.25, 0.3) is 0 Å². The number of ketones is 1. The highest BCUT2D eigenvalue weighted by Crippen LogP contribution is 2.10. The van der Waals surface area contributed by atoms with Crippen molar-refractivity contribution < 1.29 is 9.53 Å². The molecule has 0 amide bonds. The summed E-state index contributed by atoms with van der Waals surface area (Å²) in [5, 5.41) is 0. The summed E-state index contributed by atoms with van der Waals surface area (Å²) in [6.07, 6.45) is 4.22. The van der Waals surface area contributed by atoms with Gasteiger partial charge in [0.1, 0.15) is 5.78 Å². The molecule has 0 aliphatic carbocycles. The Morgan fingerprint density at radius 1 is 1.57 bits per heavy atom. The molecule has 0 saturated carbocycles. The SMILES string of the molecule is C=CCOCC[C@@H](C)CCC(=O)CCl. The Bertz CT molecular complexity index is 169. The third-order valence-corrected chi connectivity index (χ3v) is 2.35. The summed E-state index contributed by atoms with van der Waals surface area (Å²) in [5.74, 6) is 0.789. The lowest BCUT2D eigenvalue weighted by Crippen LogP contribution is -2.06.